The third-order valence-corrected chi connectivity index (χ3v) is 4.67. The number of hydrogen-bond acceptors (Lipinski definition) is 5. The molecule has 26 heavy (non-hydrogen) atoms. The Hall–Kier alpha value is -2.12. The first-order valence-corrected chi connectivity index (χ1v) is 9.39. The van der Waals surface area contributed by atoms with Gasteiger partial charge in [0.25, 0.3) is 0 Å². The summed E-state index contributed by atoms with van der Waals surface area (Å²) in [5.74, 6) is 0.972. The molecule has 2 aromatic rings. The Morgan fingerprint density at radius 3 is 2.58 bits per heavy atom. The second kappa shape index (κ2) is 8.05. The van der Waals surface area contributed by atoms with Crippen molar-refractivity contribution in [2.24, 2.45) is 4.99 Å². The van der Waals surface area contributed by atoms with Gasteiger partial charge in [0.15, 0.2) is 17.2 Å². The molecule has 0 unspecified atom stereocenters. The van der Waals surface area contributed by atoms with Crippen LogP contribution in [0.5, 0.6) is 11.5 Å². The Kier molecular flexibility index (Phi) is 5.78. The van der Waals surface area contributed by atoms with E-state index in [4.69, 9.17) is 14.2 Å². The predicted molar refractivity (Wildman–Crippen MR) is 107 cm³/mol. The molecule has 1 aliphatic heterocycles. The number of carbonyl (C=O) groups is 1. The highest BCUT2D eigenvalue weighted by Crippen LogP contribution is 2.37. The van der Waals surface area contributed by atoms with Crippen LogP contribution in [0.2, 0.25) is 0 Å². The number of hydrogen-bond donors (Lipinski definition) is 0. The monoisotopic (exact) mass is 479 g/mol. The van der Waals surface area contributed by atoms with E-state index in [9.17, 15) is 4.79 Å². The van der Waals surface area contributed by atoms with Gasteiger partial charge < -0.3 is 14.2 Å². The van der Waals surface area contributed by atoms with E-state index in [1.54, 1.807) is 19.3 Å². The van der Waals surface area contributed by atoms with Crippen molar-refractivity contribution in [1.29, 1.82) is 0 Å². The summed E-state index contributed by atoms with van der Waals surface area (Å²) in [6.45, 7) is 2.41. The number of benzene rings is 2. The maximum atomic E-state index is 12.2. The van der Waals surface area contributed by atoms with Crippen LogP contribution in [-0.2, 0) is 9.53 Å². The molecule has 0 amide bonds. The number of ether oxygens (including phenoxy) is 3. The fourth-order valence-corrected chi connectivity index (χ4v) is 3.23. The van der Waals surface area contributed by atoms with E-state index in [1.165, 1.54) is 0 Å². The van der Waals surface area contributed by atoms with Crippen molar-refractivity contribution in [3.05, 3.63) is 62.2 Å². The highest BCUT2D eigenvalue weighted by atomic mass is 79.9. The number of aliphatic imine (C=N–C) groups is 1. The van der Waals surface area contributed by atoms with E-state index < -0.39 is 5.97 Å². The molecule has 0 N–H and O–H groups in total. The number of rotatable bonds is 5. The van der Waals surface area contributed by atoms with Crippen LogP contribution in [0.15, 0.2) is 56.0 Å². The first-order valence-electron chi connectivity index (χ1n) is 7.80. The molecule has 0 saturated carbocycles. The summed E-state index contributed by atoms with van der Waals surface area (Å²) in [6.07, 6.45) is 1.65. The minimum Gasteiger partial charge on any atom is -0.493 e. The lowest BCUT2D eigenvalue weighted by Crippen LogP contribution is -2.05. The van der Waals surface area contributed by atoms with Gasteiger partial charge >= 0.3 is 5.97 Å². The van der Waals surface area contributed by atoms with Gasteiger partial charge in [-0.05, 0) is 70.9 Å². The quantitative estimate of drug-likeness (QED) is 0.448. The molecule has 5 nitrogen and oxygen atoms in total. The first-order chi connectivity index (χ1) is 12.5. The summed E-state index contributed by atoms with van der Waals surface area (Å²) in [4.78, 5) is 16.5. The van der Waals surface area contributed by atoms with Crippen LogP contribution in [0.25, 0.3) is 6.08 Å². The van der Waals surface area contributed by atoms with E-state index >= 15 is 0 Å². The molecule has 1 heterocycles. The zero-order valence-corrected chi connectivity index (χ0v) is 17.3. The molecule has 0 saturated heterocycles. The van der Waals surface area contributed by atoms with Crippen molar-refractivity contribution in [2.75, 3.05) is 13.7 Å². The van der Waals surface area contributed by atoms with Crippen molar-refractivity contribution < 1.29 is 19.0 Å². The van der Waals surface area contributed by atoms with E-state index in [2.05, 4.69) is 36.9 Å². The average molecular weight is 481 g/mol. The van der Waals surface area contributed by atoms with Crippen LogP contribution in [-0.4, -0.2) is 25.6 Å². The summed E-state index contributed by atoms with van der Waals surface area (Å²) in [5.41, 5.74) is 1.70. The van der Waals surface area contributed by atoms with Crippen molar-refractivity contribution >= 4 is 49.8 Å². The number of methoxy groups -OCH3 is 1. The number of halogens is 2. The van der Waals surface area contributed by atoms with Crippen LogP contribution < -0.4 is 9.47 Å². The summed E-state index contributed by atoms with van der Waals surface area (Å²) < 4.78 is 17.9. The molecule has 0 atom stereocenters. The second-order valence-corrected chi connectivity index (χ2v) is 7.08. The van der Waals surface area contributed by atoms with Crippen LogP contribution in [0.3, 0.4) is 0 Å². The van der Waals surface area contributed by atoms with Gasteiger partial charge in [-0.1, -0.05) is 15.9 Å². The van der Waals surface area contributed by atoms with E-state index in [0.29, 0.717) is 18.1 Å². The SMILES string of the molecule is CCOc1c(Br)cc(/C=C2\N=C(c3ccc(Br)cc3)OC2=O)cc1OC. The largest absolute Gasteiger partial charge is 0.493 e. The highest BCUT2D eigenvalue weighted by molar-refractivity contribution is 9.10. The zero-order chi connectivity index (χ0) is 18.7. The van der Waals surface area contributed by atoms with E-state index in [1.807, 2.05) is 37.3 Å². The fraction of sp³-hybridized carbons (Fsp3) is 0.158. The highest BCUT2D eigenvalue weighted by Gasteiger charge is 2.24. The van der Waals surface area contributed by atoms with Gasteiger partial charge in [-0.25, -0.2) is 9.79 Å². The molecule has 0 spiro atoms. The normalized spacial score (nSPS) is 15.0. The number of carbonyl (C=O) groups excluding carboxylic acids is 1. The van der Waals surface area contributed by atoms with Gasteiger partial charge in [-0.15, -0.1) is 0 Å². The van der Waals surface area contributed by atoms with Crippen LogP contribution >= 0.6 is 31.9 Å². The van der Waals surface area contributed by atoms with Gasteiger partial charge in [0.1, 0.15) is 0 Å². The lowest BCUT2D eigenvalue weighted by Gasteiger charge is -2.12. The minimum atomic E-state index is -0.494. The smallest absolute Gasteiger partial charge is 0.363 e. The Morgan fingerprint density at radius 2 is 1.92 bits per heavy atom. The van der Waals surface area contributed by atoms with E-state index in [-0.39, 0.29) is 11.6 Å². The van der Waals surface area contributed by atoms with Gasteiger partial charge in [0.2, 0.25) is 5.90 Å². The Balaban J connectivity index is 1.95. The fourth-order valence-electron chi connectivity index (χ4n) is 2.39. The maximum Gasteiger partial charge on any atom is 0.363 e. The zero-order valence-electron chi connectivity index (χ0n) is 14.1. The van der Waals surface area contributed by atoms with Crippen molar-refractivity contribution in [2.45, 2.75) is 6.92 Å². The summed E-state index contributed by atoms with van der Waals surface area (Å²) in [6, 6.07) is 11.0. The lowest BCUT2D eigenvalue weighted by molar-refractivity contribution is -0.129. The van der Waals surface area contributed by atoms with E-state index in [0.717, 1.165) is 20.1 Å². The number of cyclic esters (lactones) is 1. The Morgan fingerprint density at radius 1 is 1.19 bits per heavy atom. The third-order valence-electron chi connectivity index (χ3n) is 3.56. The number of nitrogens with zero attached hydrogens (tertiary/aromatic N) is 1. The molecule has 7 heteroatoms. The Bertz CT molecular complexity index is 905. The van der Waals surface area contributed by atoms with Crippen molar-refractivity contribution in [1.82, 2.24) is 0 Å². The molecule has 0 aliphatic carbocycles. The molecule has 134 valence electrons. The molecular weight excluding hydrogens is 466 g/mol. The topological polar surface area (TPSA) is 57.1 Å². The molecule has 1 aliphatic rings. The van der Waals surface area contributed by atoms with Crippen LogP contribution in [0.4, 0.5) is 0 Å². The van der Waals surface area contributed by atoms with Crippen molar-refractivity contribution in [3.8, 4) is 11.5 Å². The molecule has 2 aromatic carbocycles. The second-order valence-electron chi connectivity index (χ2n) is 5.31. The standard InChI is InChI=1S/C19H15Br2NO4/c1-3-25-17-14(21)8-11(10-16(17)24-2)9-15-19(23)26-18(22-15)12-4-6-13(20)7-5-12/h4-10H,3H2,1-2H3/b15-9-. The lowest BCUT2D eigenvalue weighted by atomic mass is 10.1. The Labute approximate surface area is 167 Å². The summed E-state index contributed by atoms with van der Waals surface area (Å²) in [5, 5.41) is 0. The molecule has 0 bridgehead atoms. The molecular formula is C19H15Br2NO4. The predicted octanol–water partition coefficient (Wildman–Crippen LogP) is 4.96. The maximum absolute atomic E-state index is 12.2. The first kappa shape index (κ1) is 18.7. The van der Waals surface area contributed by atoms with Gasteiger partial charge in [0.05, 0.1) is 18.2 Å². The molecule has 0 radical (unpaired) electrons. The molecule has 0 aromatic heterocycles. The summed E-state index contributed by atoms with van der Waals surface area (Å²) in [7, 11) is 1.56. The third kappa shape index (κ3) is 3.99. The van der Waals surface area contributed by atoms with Crippen LogP contribution in [0.1, 0.15) is 18.1 Å². The number of esters is 1. The van der Waals surface area contributed by atoms with Crippen LogP contribution in [0, 0.1) is 0 Å². The molecule has 3 rings (SSSR count). The average Bonchev–Trinajstić information content (AvgIpc) is 2.98. The van der Waals surface area contributed by atoms with Crippen molar-refractivity contribution in [3.63, 3.8) is 0 Å². The molecule has 0 fully saturated rings. The van der Waals surface area contributed by atoms with Gasteiger partial charge in [-0.2, -0.15) is 0 Å². The van der Waals surface area contributed by atoms with Gasteiger partial charge in [0, 0.05) is 10.0 Å². The van der Waals surface area contributed by atoms with Gasteiger partial charge in [-0.3, -0.25) is 0 Å². The minimum absolute atomic E-state index is 0.223. The summed E-state index contributed by atoms with van der Waals surface area (Å²) >= 11 is 6.84.